The van der Waals surface area contributed by atoms with Gasteiger partial charge in [-0.05, 0) is 85.3 Å². The number of aromatic carboxylic acids is 1. The molecule has 1 heterocycles. The van der Waals surface area contributed by atoms with Crippen LogP contribution in [0.2, 0.25) is 0 Å². The van der Waals surface area contributed by atoms with Gasteiger partial charge in [0.15, 0.2) is 0 Å². The molecule has 0 aliphatic rings. The van der Waals surface area contributed by atoms with Gasteiger partial charge in [-0.1, -0.05) is 60.7 Å². The van der Waals surface area contributed by atoms with Gasteiger partial charge in [-0.25, -0.2) is 13.2 Å². The Morgan fingerprint density at radius 3 is 2.31 bits per heavy atom. The number of carboxylic acid groups (broad SMARTS) is 1. The minimum Gasteiger partial charge on any atom is -0.755 e. The Bertz CT molecular complexity index is 2000. The molecule has 12 heteroatoms. The van der Waals surface area contributed by atoms with Crippen molar-refractivity contribution in [1.82, 2.24) is 4.98 Å². The first-order chi connectivity index (χ1) is 23.1. The zero-order valence-electron chi connectivity index (χ0n) is 26.4. The molecule has 0 saturated carbocycles. The Balaban J connectivity index is 1.31. The van der Waals surface area contributed by atoms with E-state index in [0.29, 0.717) is 36.3 Å². The lowest BCUT2D eigenvalue weighted by molar-refractivity contribution is 0.0697. The highest BCUT2D eigenvalue weighted by atomic mass is 32.2. The van der Waals surface area contributed by atoms with Crippen LogP contribution in [0, 0.1) is 0 Å². The summed E-state index contributed by atoms with van der Waals surface area (Å²) in [4.78, 5) is 16.8. The van der Waals surface area contributed by atoms with Gasteiger partial charge in [0.2, 0.25) is 10.0 Å². The van der Waals surface area contributed by atoms with Gasteiger partial charge >= 0.3 is 5.97 Å². The average molecular weight is 687 g/mol. The quantitative estimate of drug-likeness (QED) is 0.0964. The van der Waals surface area contributed by atoms with Gasteiger partial charge in [-0.2, -0.15) is 0 Å². The second-order valence-corrected chi connectivity index (χ2v) is 14.0. The lowest BCUT2D eigenvalue weighted by Crippen LogP contribution is -2.35. The molecule has 1 N–H and O–H groups in total. The number of hydrogen-bond acceptors (Lipinski definition) is 7. The normalized spacial score (nSPS) is 12.0. The number of ether oxygens (including phenoxy) is 1. The second-order valence-electron chi connectivity index (χ2n) is 11.2. The first-order valence-corrected chi connectivity index (χ1v) is 18.0. The SMILES string of the molecule is COc1ccc(N(CCCCN(c2ccccc2C(=O)O)S(=O)(=O)Cc2cccc(CCc3ccc4ccccc4n3)c2)S(=O)[O-])cc1. The standard InChI is InChI=1S/C36H37N3O7S2/c1-46-32-21-19-31(20-22-32)38(47(42)43)23-6-7-24-39(35-14-5-3-12-33(35)36(40)41)48(44,45)26-28-10-8-9-27(25-28)15-17-30-18-16-29-11-2-4-13-34(29)37-30/h2-5,8-14,16,18-22,25H,6-7,15,17,23-24,26H2,1H3,(H,40,41)(H,42,43)/p-1. The van der Waals surface area contributed by atoms with Gasteiger partial charge in [-0.15, -0.1) is 0 Å². The molecule has 4 aromatic carbocycles. The van der Waals surface area contributed by atoms with Crippen molar-refractivity contribution in [1.29, 1.82) is 0 Å². The summed E-state index contributed by atoms with van der Waals surface area (Å²) >= 11 is -2.56. The third kappa shape index (κ3) is 8.77. The molecule has 250 valence electrons. The van der Waals surface area contributed by atoms with Crippen molar-refractivity contribution in [2.75, 3.05) is 28.8 Å². The number of fused-ring (bicyclic) bond motifs is 1. The van der Waals surface area contributed by atoms with Crippen LogP contribution in [0.25, 0.3) is 10.9 Å². The highest BCUT2D eigenvalue weighted by Crippen LogP contribution is 2.27. The molecule has 1 atom stereocenters. The summed E-state index contributed by atoms with van der Waals surface area (Å²) in [7, 11) is -2.54. The van der Waals surface area contributed by atoms with E-state index in [1.165, 1.54) is 23.5 Å². The molecule has 5 rings (SSSR count). The van der Waals surface area contributed by atoms with E-state index in [9.17, 15) is 27.1 Å². The van der Waals surface area contributed by atoms with Gasteiger partial charge in [0.1, 0.15) is 5.75 Å². The van der Waals surface area contributed by atoms with E-state index in [2.05, 4.69) is 0 Å². The number of rotatable bonds is 16. The second kappa shape index (κ2) is 15.9. The number of anilines is 2. The third-order valence-corrected chi connectivity index (χ3v) is 10.4. The maximum atomic E-state index is 14.0. The highest BCUT2D eigenvalue weighted by molar-refractivity contribution is 7.92. The molecular formula is C36H36N3O7S2-. The smallest absolute Gasteiger partial charge is 0.337 e. The molecule has 10 nitrogen and oxygen atoms in total. The summed E-state index contributed by atoms with van der Waals surface area (Å²) < 4.78 is 59.5. The fourth-order valence-corrected chi connectivity index (χ4v) is 7.71. The zero-order chi connectivity index (χ0) is 34.1. The van der Waals surface area contributed by atoms with Crippen LogP contribution >= 0.6 is 0 Å². The van der Waals surface area contributed by atoms with Crippen molar-refractivity contribution < 1.29 is 31.8 Å². The summed E-state index contributed by atoms with van der Waals surface area (Å²) in [6.45, 7) is 0.0624. The minimum absolute atomic E-state index is 0.0398. The fraction of sp³-hybridized carbons (Fsp3) is 0.222. The maximum absolute atomic E-state index is 14.0. The number of unbranched alkanes of at least 4 members (excludes halogenated alkanes) is 1. The molecule has 48 heavy (non-hydrogen) atoms. The van der Waals surface area contributed by atoms with E-state index < -0.39 is 27.3 Å². The number of nitrogens with zero attached hydrogens (tertiary/aromatic N) is 3. The Morgan fingerprint density at radius 2 is 1.56 bits per heavy atom. The molecule has 1 unspecified atom stereocenters. The molecule has 0 bridgehead atoms. The fourth-order valence-electron chi connectivity index (χ4n) is 5.51. The van der Waals surface area contributed by atoms with Gasteiger partial charge in [0.25, 0.3) is 0 Å². The molecule has 0 aliphatic carbocycles. The van der Waals surface area contributed by atoms with E-state index in [1.54, 1.807) is 42.5 Å². The van der Waals surface area contributed by atoms with Crippen LogP contribution in [0.3, 0.4) is 0 Å². The minimum atomic E-state index is -4.06. The Labute approximate surface area is 283 Å². The van der Waals surface area contributed by atoms with Crippen LogP contribution in [-0.2, 0) is 39.9 Å². The van der Waals surface area contributed by atoms with Crippen LogP contribution in [0.5, 0.6) is 5.75 Å². The van der Waals surface area contributed by atoms with Crippen molar-refractivity contribution in [3.05, 3.63) is 132 Å². The van der Waals surface area contributed by atoms with E-state index in [1.807, 2.05) is 54.6 Å². The number of hydrogen-bond donors (Lipinski definition) is 1. The van der Waals surface area contributed by atoms with Gasteiger partial charge < -0.3 is 18.7 Å². The molecular weight excluding hydrogens is 651 g/mol. The Hall–Kier alpha value is -4.78. The first kappa shape index (κ1) is 34.6. The summed E-state index contributed by atoms with van der Waals surface area (Å²) in [5.41, 5.74) is 3.76. The van der Waals surface area contributed by atoms with Crippen molar-refractivity contribution >= 4 is 49.5 Å². The summed E-state index contributed by atoms with van der Waals surface area (Å²) in [6.07, 6.45) is 1.94. The average Bonchev–Trinajstić information content (AvgIpc) is 3.08. The van der Waals surface area contributed by atoms with Crippen LogP contribution < -0.4 is 13.3 Å². The highest BCUT2D eigenvalue weighted by Gasteiger charge is 2.27. The number of carbonyl (C=O) groups is 1. The molecule has 0 fully saturated rings. The molecule has 0 aliphatic heterocycles. The van der Waals surface area contributed by atoms with Crippen molar-refractivity contribution in [2.45, 2.75) is 31.4 Å². The largest absolute Gasteiger partial charge is 0.755 e. The monoisotopic (exact) mass is 686 g/mol. The van der Waals surface area contributed by atoms with Gasteiger partial charge in [-0.3, -0.25) is 13.5 Å². The van der Waals surface area contributed by atoms with E-state index in [0.717, 1.165) is 26.5 Å². The number of sulfonamides is 1. The Morgan fingerprint density at radius 1 is 0.854 bits per heavy atom. The maximum Gasteiger partial charge on any atom is 0.337 e. The van der Waals surface area contributed by atoms with Crippen LogP contribution in [0.1, 0.15) is 40.0 Å². The lowest BCUT2D eigenvalue weighted by Gasteiger charge is -2.28. The van der Waals surface area contributed by atoms with Crippen LogP contribution in [0.15, 0.2) is 109 Å². The number of benzene rings is 4. The van der Waals surface area contributed by atoms with Crippen molar-refractivity contribution in [3.8, 4) is 5.75 Å². The molecule has 1 aromatic heterocycles. The third-order valence-electron chi connectivity index (χ3n) is 7.92. The summed E-state index contributed by atoms with van der Waals surface area (Å²) in [5.74, 6) is -1.01. The van der Waals surface area contributed by atoms with Gasteiger partial charge in [0.05, 0.1) is 29.6 Å². The van der Waals surface area contributed by atoms with E-state index >= 15 is 0 Å². The molecule has 0 radical (unpaired) electrons. The zero-order valence-corrected chi connectivity index (χ0v) is 28.0. The molecule has 0 spiro atoms. The van der Waals surface area contributed by atoms with Crippen molar-refractivity contribution in [3.63, 3.8) is 0 Å². The van der Waals surface area contributed by atoms with Crippen LogP contribution in [-0.4, -0.2) is 53.4 Å². The number of pyridine rings is 1. The van der Waals surface area contributed by atoms with E-state index in [-0.39, 0.29) is 36.5 Å². The number of para-hydroxylation sites is 2. The summed E-state index contributed by atoms with van der Waals surface area (Å²) in [5, 5.41) is 10.9. The molecule has 0 amide bonds. The first-order valence-electron chi connectivity index (χ1n) is 15.4. The van der Waals surface area contributed by atoms with Gasteiger partial charge in [0, 0.05) is 41.1 Å². The van der Waals surface area contributed by atoms with Crippen LogP contribution in [0.4, 0.5) is 11.4 Å². The molecule has 0 saturated heterocycles. The predicted octanol–water partition coefficient (Wildman–Crippen LogP) is 6.14. The number of aryl methyl sites for hydroxylation is 2. The molecule has 5 aromatic rings. The number of methoxy groups -OCH3 is 1. The van der Waals surface area contributed by atoms with Crippen molar-refractivity contribution in [2.24, 2.45) is 0 Å². The predicted molar refractivity (Wildman–Crippen MR) is 187 cm³/mol. The number of aromatic nitrogens is 1. The van der Waals surface area contributed by atoms with E-state index in [4.69, 9.17) is 9.72 Å². The number of carboxylic acids is 1. The lowest BCUT2D eigenvalue weighted by atomic mass is 10.0. The topological polar surface area (TPSA) is 140 Å². The summed E-state index contributed by atoms with van der Waals surface area (Å²) in [6, 6.07) is 31.9. The Kier molecular flexibility index (Phi) is 11.4.